The van der Waals surface area contributed by atoms with Crippen molar-refractivity contribution >= 4 is 23.2 Å². The van der Waals surface area contributed by atoms with Gasteiger partial charge in [0.05, 0.1) is 12.5 Å². The van der Waals surface area contributed by atoms with E-state index in [0.717, 1.165) is 38.3 Å². The molecule has 1 saturated heterocycles. The van der Waals surface area contributed by atoms with Crippen LogP contribution in [-0.2, 0) is 16.0 Å². The van der Waals surface area contributed by atoms with E-state index in [4.69, 9.17) is 0 Å². The van der Waals surface area contributed by atoms with Crippen LogP contribution in [0.3, 0.4) is 0 Å². The number of amides is 1. The zero-order valence-corrected chi connectivity index (χ0v) is 25.3. The summed E-state index contributed by atoms with van der Waals surface area (Å²) in [5.41, 5.74) is 5.59. The Morgan fingerprint density at radius 3 is 2.41 bits per heavy atom. The number of rotatable bonds is 12. The number of likely N-dealkylation sites (tertiary alicyclic amines) is 1. The summed E-state index contributed by atoms with van der Waals surface area (Å²) < 4.78 is 14.8. The number of aliphatic carboxylic acids is 1. The lowest BCUT2D eigenvalue weighted by Gasteiger charge is -2.34. The molecule has 1 aromatic carbocycles. The molecule has 3 aromatic rings. The number of thiophene rings is 1. The average molecular weight is 582 g/mol. The van der Waals surface area contributed by atoms with Crippen molar-refractivity contribution in [1.82, 2.24) is 14.8 Å². The summed E-state index contributed by atoms with van der Waals surface area (Å²) in [7, 11) is 0. The summed E-state index contributed by atoms with van der Waals surface area (Å²) in [6, 6.07) is 8.06. The van der Waals surface area contributed by atoms with Crippen LogP contribution in [-0.4, -0.2) is 52.3 Å². The topological polar surface area (TPSA) is 91.6 Å². The first-order chi connectivity index (χ1) is 19.4. The van der Waals surface area contributed by atoms with Crippen LogP contribution in [0.5, 0.6) is 0 Å². The molecular formula is C32H40FN3O4S. The van der Waals surface area contributed by atoms with Gasteiger partial charge in [-0.25, -0.2) is 4.39 Å². The summed E-state index contributed by atoms with van der Waals surface area (Å²) in [5.74, 6) is -1.30. The number of carboxylic acids is 1. The van der Waals surface area contributed by atoms with Crippen LogP contribution in [0.4, 0.5) is 4.39 Å². The number of carbonyl (C=O) groups is 2. The van der Waals surface area contributed by atoms with Gasteiger partial charge in [-0.2, -0.15) is 0 Å². The number of halogens is 1. The van der Waals surface area contributed by atoms with Crippen LogP contribution in [0.15, 0.2) is 46.7 Å². The molecule has 0 aliphatic carbocycles. The van der Waals surface area contributed by atoms with E-state index in [1.165, 1.54) is 15.9 Å². The summed E-state index contributed by atoms with van der Waals surface area (Å²) in [6.45, 7) is 11.5. The average Bonchev–Trinajstić information content (AvgIpc) is 3.34. The second-order valence-corrected chi connectivity index (χ2v) is 12.6. The fourth-order valence-electron chi connectivity index (χ4n) is 5.52. The van der Waals surface area contributed by atoms with Gasteiger partial charge in [0.15, 0.2) is 0 Å². The highest BCUT2D eigenvalue weighted by molar-refractivity contribution is 7.13. The number of nitrogens with one attached hydrogen (secondary N) is 1. The molecule has 2 atom stereocenters. The van der Waals surface area contributed by atoms with Gasteiger partial charge in [0.25, 0.3) is 5.56 Å². The molecule has 2 aromatic heterocycles. The Kier molecular flexibility index (Phi) is 9.81. The fourth-order valence-corrected chi connectivity index (χ4v) is 6.65. The van der Waals surface area contributed by atoms with Crippen molar-refractivity contribution in [2.24, 2.45) is 5.92 Å². The number of nitrogens with zero attached hydrogens (tertiary/aromatic N) is 2. The van der Waals surface area contributed by atoms with Crippen molar-refractivity contribution in [2.75, 3.05) is 19.6 Å². The van der Waals surface area contributed by atoms with E-state index in [1.807, 2.05) is 69.2 Å². The molecule has 0 radical (unpaired) electrons. The largest absolute Gasteiger partial charge is 0.481 e. The maximum Gasteiger partial charge on any atom is 0.305 e. The zero-order chi connectivity index (χ0) is 29.8. The molecule has 2 N–H and O–H groups in total. The Labute approximate surface area is 245 Å². The minimum absolute atomic E-state index is 0.111. The molecule has 7 nitrogen and oxygen atoms in total. The van der Waals surface area contributed by atoms with Crippen molar-refractivity contribution in [2.45, 2.75) is 72.1 Å². The maximum atomic E-state index is 13.8. The molecule has 220 valence electrons. The van der Waals surface area contributed by atoms with Crippen molar-refractivity contribution < 1.29 is 19.1 Å². The number of hydrogen-bond donors (Lipinski definition) is 2. The lowest BCUT2D eigenvalue weighted by atomic mass is 9.98. The van der Waals surface area contributed by atoms with E-state index in [1.54, 1.807) is 12.3 Å². The Hall–Kier alpha value is -3.30. The van der Waals surface area contributed by atoms with Crippen molar-refractivity contribution in [1.29, 1.82) is 0 Å². The minimum atomic E-state index is -1.02. The van der Waals surface area contributed by atoms with Crippen LogP contribution in [0.25, 0.3) is 10.4 Å². The highest BCUT2D eigenvalue weighted by Gasteiger charge is 2.29. The summed E-state index contributed by atoms with van der Waals surface area (Å²) in [4.78, 5) is 41.9. The monoisotopic (exact) mass is 581 g/mol. The van der Waals surface area contributed by atoms with E-state index < -0.39 is 24.2 Å². The minimum Gasteiger partial charge on any atom is -0.481 e. The highest BCUT2D eigenvalue weighted by atomic mass is 32.1. The number of carboxylic acid groups (broad SMARTS) is 1. The van der Waals surface area contributed by atoms with E-state index in [-0.39, 0.29) is 23.8 Å². The van der Waals surface area contributed by atoms with Crippen molar-refractivity contribution in [3.63, 3.8) is 0 Å². The van der Waals surface area contributed by atoms with E-state index in [0.29, 0.717) is 32.5 Å². The number of hydrogen-bond acceptors (Lipinski definition) is 5. The molecule has 0 unspecified atom stereocenters. The van der Waals surface area contributed by atoms with E-state index in [2.05, 4.69) is 5.32 Å². The first-order valence-corrected chi connectivity index (χ1v) is 15.1. The molecule has 1 aliphatic heterocycles. The third-order valence-corrected chi connectivity index (χ3v) is 8.75. The van der Waals surface area contributed by atoms with E-state index >= 15 is 0 Å². The fraction of sp³-hybridized carbons (Fsp3) is 0.469. The molecule has 0 saturated carbocycles. The predicted molar refractivity (Wildman–Crippen MR) is 161 cm³/mol. The normalized spacial score (nSPS) is 15.5. The van der Waals surface area contributed by atoms with Gasteiger partial charge in [0.1, 0.15) is 12.2 Å². The highest BCUT2D eigenvalue weighted by Crippen LogP contribution is 2.35. The first kappa shape index (κ1) is 30.7. The van der Waals surface area contributed by atoms with Gasteiger partial charge in [-0.3, -0.25) is 19.3 Å². The second kappa shape index (κ2) is 13.1. The van der Waals surface area contributed by atoms with Crippen LogP contribution in [0, 0.1) is 26.7 Å². The van der Waals surface area contributed by atoms with Crippen LogP contribution >= 0.6 is 11.3 Å². The smallest absolute Gasteiger partial charge is 0.305 e. The molecule has 9 heteroatoms. The Bertz CT molecular complexity index is 1440. The SMILES string of the molecule is Cc1cc(=O)n([C@@H](CC(C)C)C(=O)N[C@@H](CC(=O)O)c2csc(-c3c(C)cccc3C)c2)cc1CCN1CC(F)C1. The molecular weight excluding hydrogens is 541 g/mol. The van der Waals surface area contributed by atoms with Gasteiger partial charge in [0, 0.05) is 36.8 Å². The summed E-state index contributed by atoms with van der Waals surface area (Å²) in [6.07, 6.45) is 1.77. The van der Waals surface area contributed by atoms with Gasteiger partial charge in [0.2, 0.25) is 5.91 Å². The zero-order valence-electron chi connectivity index (χ0n) is 24.4. The lowest BCUT2D eigenvalue weighted by molar-refractivity contribution is -0.138. The quantitative estimate of drug-likeness (QED) is 0.290. The molecule has 1 fully saturated rings. The molecule has 41 heavy (non-hydrogen) atoms. The molecule has 0 bridgehead atoms. The molecule has 0 spiro atoms. The summed E-state index contributed by atoms with van der Waals surface area (Å²) >= 11 is 1.52. The number of benzene rings is 1. The Balaban J connectivity index is 1.61. The molecule has 1 aliphatic rings. The van der Waals surface area contributed by atoms with Crippen LogP contribution < -0.4 is 10.9 Å². The van der Waals surface area contributed by atoms with Crippen molar-refractivity contribution in [3.8, 4) is 10.4 Å². The van der Waals surface area contributed by atoms with Gasteiger partial charge < -0.3 is 15.0 Å². The van der Waals surface area contributed by atoms with Gasteiger partial charge >= 0.3 is 5.97 Å². The third-order valence-electron chi connectivity index (χ3n) is 7.78. The predicted octanol–water partition coefficient (Wildman–Crippen LogP) is 5.62. The lowest BCUT2D eigenvalue weighted by Crippen LogP contribution is -2.49. The second-order valence-electron chi connectivity index (χ2n) is 11.6. The molecule has 1 amide bonds. The standard InChI is InChI=1S/C32H40FN3O4S/c1-19(2)11-27(36-15-23(22(5)12-29(36)37)9-10-35-16-25(33)17-35)32(40)34-26(14-30(38)39)24-13-28(41-18-24)31-20(3)7-6-8-21(31)4/h6-8,12-13,15,18-19,25-27H,9-11,14,16-17H2,1-5H3,(H,34,40)(H,38,39)/t26-,27-/m0/s1. The first-order valence-electron chi connectivity index (χ1n) is 14.2. The van der Waals surface area contributed by atoms with Gasteiger partial charge in [-0.05, 0) is 84.4 Å². The number of pyridine rings is 1. The molecule has 4 rings (SSSR count). The Morgan fingerprint density at radius 1 is 1.12 bits per heavy atom. The van der Waals surface area contributed by atoms with Crippen molar-refractivity contribution in [3.05, 3.63) is 80.1 Å². The number of aryl methyl sites for hydroxylation is 3. The van der Waals surface area contributed by atoms with Gasteiger partial charge in [-0.15, -0.1) is 11.3 Å². The number of carbonyl (C=O) groups excluding carboxylic acids is 1. The maximum absolute atomic E-state index is 13.8. The van der Waals surface area contributed by atoms with Crippen LogP contribution in [0.2, 0.25) is 0 Å². The van der Waals surface area contributed by atoms with E-state index in [9.17, 15) is 23.9 Å². The Morgan fingerprint density at radius 2 is 1.80 bits per heavy atom. The number of aromatic nitrogens is 1. The third kappa shape index (κ3) is 7.51. The summed E-state index contributed by atoms with van der Waals surface area (Å²) in [5, 5.41) is 14.6. The van der Waals surface area contributed by atoms with Gasteiger partial charge in [-0.1, -0.05) is 32.0 Å². The van der Waals surface area contributed by atoms with Crippen LogP contribution in [0.1, 0.15) is 66.6 Å². The molecule has 3 heterocycles. The number of alkyl halides is 1.